The lowest BCUT2D eigenvalue weighted by Crippen LogP contribution is -2.16. The summed E-state index contributed by atoms with van der Waals surface area (Å²) in [6.07, 6.45) is 0. The zero-order chi connectivity index (χ0) is 11.6. The Morgan fingerprint density at radius 3 is 2.60 bits per heavy atom. The number of halogens is 1. The van der Waals surface area contributed by atoms with Crippen molar-refractivity contribution in [2.24, 2.45) is 5.14 Å². The van der Waals surface area contributed by atoms with Crippen molar-refractivity contribution < 1.29 is 12.6 Å². The van der Waals surface area contributed by atoms with Gasteiger partial charge in [-0.1, -0.05) is 11.6 Å². The van der Waals surface area contributed by atoms with Gasteiger partial charge in [0.2, 0.25) is 0 Å². The van der Waals surface area contributed by atoms with E-state index >= 15 is 0 Å². The molecule has 2 N–H and O–H groups in total. The van der Waals surface area contributed by atoms with Crippen LogP contribution in [0.3, 0.4) is 0 Å². The third kappa shape index (κ3) is 3.75. The van der Waals surface area contributed by atoms with E-state index < -0.39 is 10.3 Å². The van der Waals surface area contributed by atoms with Gasteiger partial charge in [0.25, 0.3) is 0 Å². The first-order chi connectivity index (χ1) is 6.79. The molecule has 84 valence electrons. The van der Waals surface area contributed by atoms with Gasteiger partial charge in [-0.25, -0.2) is 10.1 Å². The fourth-order valence-corrected chi connectivity index (χ4v) is 1.75. The van der Waals surface area contributed by atoms with E-state index in [2.05, 4.69) is 9.17 Å². The van der Waals surface area contributed by atoms with Gasteiger partial charge in [0.05, 0.1) is 6.61 Å². The maximum atomic E-state index is 10.6. The normalized spacial score (nSPS) is 11.7. The van der Waals surface area contributed by atoms with Crippen molar-refractivity contribution in [3.8, 4) is 0 Å². The van der Waals surface area contributed by atoms with Gasteiger partial charge in [0.15, 0.2) is 0 Å². The highest BCUT2D eigenvalue weighted by Crippen LogP contribution is 2.19. The van der Waals surface area contributed by atoms with Crippen LogP contribution in [0, 0.1) is 13.8 Å². The molecule has 0 unspecified atom stereocenters. The standard InChI is InChI=1S/C8H11ClN2O3S/c1-5-3-6(2)11-8(9)7(5)4-14-15(10,12)13/h3H,4H2,1-2H3,(H2,10,12,13). The van der Waals surface area contributed by atoms with E-state index in [1.54, 1.807) is 19.9 Å². The van der Waals surface area contributed by atoms with Crippen molar-refractivity contribution in [3.63, 3.8) is 0 Å². The lowest BCUT2D eigenvalue weighted by Gasteiger charge is -2.08. The smallest absolute Gasteiger partial charge is 0.253 e. The van der Waals surface area contributed by atoms with Crippen molar-refractivity contribution in [3.05, 3.63) is 28.0 Å². The summed E-state index contributed by atoms with van der Waals surface area (Å²) in [5.74, 6) is 0. The fraction of sp³-hybridized carbons (Fsp3) is 0.375. The third-order valence-corrected chi connectivity index (χ3v) is 2.55. The largest absolute Gasteiger partial charge is 0.333 e. The van der Waals surface area contributed by atoms with Gasteiger partial charge in [0, 0.05) is 11.3 Å². The quantitative estimate of drug-likeness (QED) is 0.814. The molecular weight excluding hydrogens is 240 g/mol. The second kappa shape index (κ2) is 4.44. The SMILES string of the molecule is Cc1cc(C)c(COS(N)(=O)=O)c(Cl)n1. The molecule has 1 aromatic rings. The van der Waals surface area contributed by atoms with Crippen molar-refractivity contribution in [1.82, 2.24) is 4.98 Å². The summed E-state index contributed by atoms with van der Waals surface area (Å²) in [5.41, 5.74) is 2.10. The first kappa shape index (κ1) is 12.4. The highest BCUT2D eigenvalue weighted by atomic mass is 35.5. The molecule has 0 fully saturated rings. The van der Waals surface area contributed by atoms with Gasteiger partial charge in [-0.2, -0.15) is 8.42 Å². The van der Waals surface area contributed by atoms with E-state index in [1.807, 2.05) is 0 Å². The molecule has 0 bridgehead atoms. The Bertz CT molecular complexity index is 450. The van der Waals surface area contributed by atoms with E-state index in [9.17, 15) is 8.42 Å². The number of aromatic nitrogens is 1. The molecule has 1 heterocycles. The van der Waals surface area contributed by atoms with Crippen LogP contribution < -0.4 is 5.14 Å². The highest BCUT2D eigenvalue weighted by Gasteiger charge is 2.10. The van der Waals surface area contributed by atoms with Crippen molar-refractivity contribution in [2.75, 3.05) is 0 Å². The van der Waals surface area contributed by atoms with Crippen LogP contribution in [0.2, 0.25) is 5.15 Å². The van der Waals surface area contributed by atoms with Gasteiger partial charge in [-0.3, -0.25) is 4.18 Å². The lowest BCUT2D eigenvalue weighted by molar-refractivity contribution is 0.307. The van der Waals surface area contributed by atoms with E-state index in [0.29, 0.717) is 5.56 Å². The number of rotatable bonds is 3. The number of aryl methyl sites for hydroxylation is 2. The van der Waals surface area contributed by atoms with Gasteiger partial charge in [-0.15, -0.1) is 0 Å². The molecule has 1 rings (SSSR count). The molecule has 0 amide bonds. The van der Waals surface area contributed by atoms with Gasteiger partial charge in [0.1, 0.15) is 5.15 Å². The Labute approximate surface area is 93.5 Å². The molecule has 1 aromatic heterocycles. The zero-order valence-corrected chi connectivity index (χ0v) is 9.89. The molecule has 0 spiro atoms. The van der Waals surface area contributed by atoms with Crippen LogP contribution in [-0.4, -0.2) is 13.4 Å². The number of nitrogens with zero attached hydrogens (tertiary/aromatic N) is 1. The Hall–Kier alpha value is -0.690. The number of hydrogen-bond donors (Lipinski definition) is 1. The summed E-state index contributed by atoms with van der Waals surface area (Å²) in [5, 5.41) is 4.93. The molecule has 0 aliphatic heterocycles. The maximum absolute atomic E-state index is 10.6. The fourth-order valence-electron chi connectivity index (χ4n) is 1.13. The average Bonchev–Trinajstić information content (AvgIpc) is 1.99. The van der Waals surface area contributed by atoms with E-state index in [4.69, 9.17) is 16.7 Å². The molecule has 5 nitrogen and oxygen atoms in total. The number of hydrogen-bond acceptors (Lipinski definition) is 4. The minimum Gasteiger partial charge on any atom is -0.253 e. The second-order valence-corrected chi connectivity index (χ2v) is 4.68. The summed E-state index contributed by atoms with van der Waals surface area (Å²) >= 11 is 5.84. The topological polar surface area (TPSA) is 82.3 Å². The zero-order valence-electron chi connectivity index (χ0n) is 8.32. The van der Waals surface area contributed by atoms with E-state index in [0.717, 1.165) is 11.3 Å². The third-order valence-electron chi connectivity index (χ3n) is 1.79. The van der Waals surface area contributed by atoms with Gasteiger partial charge in [-0.05, 0) is 25.5 Å². The van der Waals surface area contributed by atoms with Crippen LogP contribution >= 0.6 is 11.6 Å². The van der Waals surface area contributed by atoms with E-state index in [-0.39, 0.29) is 11.8 Å². The van der Waals surface area contributed by atoms with Gasteiger partial charge >= 0.3 is 10.3 Å². The number of nitrogens with two attached hydrogens (primary N) is 1. The van der Waals surface area contributed by atoms with Crippen molar-refractivity contribution in [2.45, 2.75) is 20.5 Å². The van der Waals surface area contributed by atoms with Gasteiger partial charge < -0.3 is 0 Å². The first-order valence-corrected chi connectivity index (χ1v) is 5.94. The average molecular weight is 251 g/mol. The highest BCUT2D eigenvalue weighted by molar-refractivity contribution is 7.84. The monoisotopic (exact) mass is 250 g/mol. The number of pyridine rings is 1. The molecule has 0 aliphatic rings. The Kier molecular flexibility index (Phi) is 3.67. The van der Waals surface area contributed by atoms with Crippen molar-refractivity contribution in [1.29, 1.82) is 0 Å². The molecule has 0 atom stereocenters. The molecular formula is C8H11ClN2O3S. The summed E-state index contributed by atoms with van der Waals surface area (Å²) in [6.45, 7) is 3.39. The molecule has 0 aromatic carbocycles. The van der Waals surface area contributed by atoms with Crippen LogP contribution in [0.25, 0.3) is 0 Å². The summed E-state index contributed by atoms with van der Waals surface area (Å²) < 4.78 is 25.6. The molecule has 0 aliphatic carbocycles. The second-order valence-electron chi connectivity index (χ2n) is 3.10. The molecule has 7 heteroatoms. The molecule has 0 saturated carbocycles. The predicted molar refractivity (Wildman–Crippen MR) is 56.6 cm³/mol. The van der Waals surface area contributed by atoms with Crippen LogP contribution in [0.15, 0.2) is 6.07 Å². The minimum absolute atomic E-state index is 0.198. The maximum Gasteiger partial charge on any atom is 0.333 e. The minimum atomic E-state index is -3.95. The molecule has 15 heavy (non-hydrogen) atoms. The molecule has 0 radical (unpaired) electrons. The van der Waals surface area contributed by atoms with Crippen molar-refractivity contribution >= 4 is 21.9 Å². The Morgan fingerprint density at radius 2 is 2.13 bits per heavy atom. The summed E-state index contributed by atoms with van der Waals surface area (Å²) in [4.78, 5) is 3.98. The Morgan fingerprint density at radius 1 is 1.53 bits per heavy atom. The van der Waals surface area contributed by atoms with Crippen LogP contribution in [-0.2, 0) is 21.1 Å². The van der Waals surface area contributed by atoms with Crippen LogP contribution in [0.4, 0.5) is 0 Å². The van der Waals surface area contributed by atoms with E-state index in [1.165, 1.54) is 0 Å². The van der Waals surface area contributed by atoms with Crippen LogP contribution in [0.5, 0.6) is 0 Å². The van der Waals surface area contributed by atoms with Crippen LogP contribution in [0.1, 0.15) is 16.8 Å². The molecule has 0 saturated heterocycles. The summed E-state index contributed by atoms with van der Waals surface area (Å²) in [7, 11) is -3.95. The lowest BCUT2D eigenvalue weighted by atomic mass is 10.1. The Balaban J connectivity index is 2.96. The summed E-state index contributed by atoms with van der Waals surface area (Å²) in [6, 6.07) is 1.79. The first-order valence-electron chi connectivity index (χ1n) is 4.09. The predicted octanol–water partition coefficient (Wildman–Crippen LogP) is 1.07.